The van der Waals surface area contributed by atoms with E-state index in [-0.39, 0.29) is 0 Å². The highest BCUT2D eigenvalue weighted by Gasteiger charge is 2.43. The van der Waals surface area contributed by atoms with Crippen LogP contribution in [0.4, 0.5) is 0 Å². The van der Waals surface area contributed by atoms with Crippen LogP contribution in [0.25, 0.3) is 0 Å². The van der Waals surface area contributed by atoms with Crippen molar-refractivity contribution in [3.8, 4) is 0 Å². The van der Waals surface area contributed by atoms with Crippen molar-refractivity contribution in [1.82, 2.24) is 0 Å². The molecule has 1 atom stereocenters. The van der Waals surface area contributed by atoms with E-state index < -0.39 is 23.1 Å². The van der Waals surface area contributed by atoms with Gasteiger partial charge in [0.2, 0.25) is 0 Å². The molecule has 0 radical (unpaired) electrons. The average molecular weight is 224 g/mol. The van der Waals surface area contributed by atoms with E-state index in [1.807, 2.05) is 6.92 Å². The normalized spacial score (nSPS) is 12.9. The molecular formula is C12H20N2O2. The highest BCUT2D eigenvalue weighted by Crippen LogP contribution is 2.15. The van der Waals surface area contributed by atoms with E-state index in [1.165, 1.54) is 0 Å². The van der Waals surface area contributed by atoms with Gasteiger partial charge in [-0.15, -0.1) is 0 Å². The number of ketones is 2. The van der Waals surface area contributed by atoms with Crippen molar-refractivity contribution in [2.45, 2.75) is 37.8 Å². The van der Waals surface area contributed by atoms with Crippen LogP contribution in [0.2, 0.25) is 0 Å². The second-order valence-electron chi connectivity index (χ2n) is 3.75. The molecule has 0 heterocycles. The van der Waals surface area contributed by atoms with Crippen LogP contribution in [0.1, 0.15) is 26.2 Å². The SMILES string of the molecule is C=CC(=O)C(N)(C(=O)C=C)C(N)CCCC. The topological polar surface area (TPSA) is 86.2 Å². The molecule has 4 heteroatoms. The van der Waals surface area contributed by atoms with Crippen molar-refractivity contribution in [3.63, 3.8) is 0 Å². The molecule has 0 aromatic heterocycles. The maximum Gasteiger partial charge on any atom is 0.184 e. The Labute approximate surface area is 96.4 Å². The highest BCUT2D eigenvalue weighted by molar-refractivity contribution is 6.19. The van der Waals surface area contributed by atoms with Crippen molar-refractivity contribution in [3.05, 3.63) is 25.3 Å². The van der Waals surface area contributed by atoms with Gasteiger partial charge in [0.15, 0.2) is 17.1 Å². The fourth-order valence-electron chi connectivity index (χ4n) is 1.48. The smallest absolute Gasteiger partial charge is 0.184 e. The van der Waals surface area contributed by atoms with Crippen molar-refractivity contribution >= 4 is 11.6 Å². The van der Waals surface area contributed by atoms with Gasteiger partial charge in [0, 0.05) is 6.04 Å². The minimum Gasteiger partial charge on any atom is -0.325 e. The van der Waals surface area contributed by atoms with Gasteiger partial charge in [-0.1, -0.05) is 32.9 Å². The summed E-state index contributed by atoms with van der Waals surface area (Å²) in [6.45, 7) is 8.66. The summed E-state index contributed by atoms with van der Waals surface area (Å²) in [5, 5.41) is 0. The number of nitrogens with two attached hydrogens (primary N) is 2. The summed E-state index contributed by atoms with van der Waals surface area (Å²) in [7, 11) is 0. The maximum atomic E-state index is 11.6. The zero-order chi connectivity index (χ0) is 12.8. The molecule has 0 aromatic carbocycles. The summed E-state index contributed by atoms with van der Waals surface area (Å²) >= 11 is 0. The van der Waals surface area contributed by atoms with Crippen LogP contribution in [0.5, 0.6) is 0 Å². The van der Waals surface area contributed by atoms with Crippen LogP contribution < -0.4 is 11.5 Å². The molecule has 0 aliphatic rings. The second kappa shape index (κ2) is 6.35. The standard InChI is InChI=1S/C12H20N2O2/c1-4-7-8-9(13)12(14,10(15)5-2)11(16)6-3/h5-6,9H,2-4,7-8,13-14H2,1H3. The maximum absolute atomic E-state index is 11.6. The largest absolute Gasteiger partial charge is 0.325 e. The molecule has 0 bridgehead atoms. The molecule has 0 aromatic rings. The summed E-state index contributed by atoms with van der Waals surface area (Å²) in [5.41, 5.74) is 9.94. The van der Waals surface area contributed by atoms with Crippen LogP contribution in [-0.4, -0.2) is 23.1 Å². The first-order chi connectivity index (χ1) is 7.44. The molecule has 0 aliphatic heterocycles. The van der Waals surface area contributed by atoms with E-state index in [4.69, 9.17) is 11.5 Å². The summed E-state index contributed by atoms with van der Waals surface area (Å²) in [6, 6.07) is -0.705. The Morgan fingerprint density at radius 2 is 1.75 bits per heavy atom. The van der Waals surface area contributed by atoms with Crippen LogP contribution in [0, 0.1) is 0 Å². The van der Waals surface area contributed by atoms with Gasteiger partial charge < -0.3 is 11.5 Å². The molecule has 16 heavy (non-hydrogen) atoms. The Balaban J connectivity index is 5.06. The minimum atomic E-state index is -1.71. The fourth-order valence-corrected chi connectivity index (χ4v) is 1.48. The van der Waals surface area contributed by atoms with Gasteiger partial charge in [0.25, 0.3) is 0 Å². The molecule has 0 spiro atoms. The quantitative estimate of drug-likeness (QED) is 0.469. The monoisotopic (exact) mass is 224 g/mol. The lowest BCUT2D eigenvalue weighted by Gasteiger charge is -2.30. The van der Waals surface area contributed by atoms with E-state index in [0.717, 1.165) is 25.0 Å². The predicted octanol–water partition coefficient (Wildman–Crippen LogP) is 0.712. The first-order valence-corrected chi connectivity index (χ1v) is 5.33. The molecule has 0 fully saturated rings. The van der Waals surface area contributed by atoms with Gasteiger partial charge in [-0.3, -0.25) is 9.59 Å². The molecule has 0 amide bonds. The number of rotatable bonds is 8. The van der Waals surface area contributed by atoms with Crippen LogP contribution in [-0.2, 0) is 9.59 Å². The van der Waals surface area contributed by atoms with E-state index in [2.05, 4.69) is 13.2 Å². The van der Waals surface area contributed by atoms with Gasteiger partial charge in [-0.05, 0) is 18.6 Å². The molecule has 90 valence electrons. The van der Waals surface area contributed by atoms with Crippen molar-refractivity contribution in [1.29, 1.82) is 0 Å². The number of carbonyl (C=O) groups is 2. The van der Waals surface area contributed by atoms with Gasteiger partial charge in [-0.2, -0.15) is 0 Å². The zero-order valence-electron chi connectivity index (χ0n) is 9.74. The van der Waals surface area contributed by atoms with E-state index >= 15 is 0 Å². The van der Waals surface area contributed by atoms with E-state index in [1.54, 1.807) is 0 Å². The molecule has 4 N–H and O–H groups in total. The van der Waals surface area contributed by atoms with Gasteiger partial charge in [0.1, 0.15) is 0 Å². The van der Waals surface area contributed by atoms with Gasteiger partial charge in [-0.25, -0.2) is 0 Å². The number of carbonyl (C=O) groups excluding carboxylic acids is 2. The second-order valence-corrected chi connectivity index (χ2v) is 3.75. The summed E-state index contributed by atoms with van der Waals surface area (Å²) < 4.78 is 0. The Hall–Kier alpha value is -1.26. The first-order valence-electron chi connectivity index (χ1n) is 5.33. The zero-order valence-corrected chi connectivity index (χ0v) is 9.74. The first kappa shape index (κ1) is 14.7. The highest BCUT2D eigenvalue weighted by atomic mass is 16.2. The molecule has 4 nitrogen and oxygen atoms in total. The molecular weight excluding hydrogens is 204 g/mol. The molecule has 0 aliphatic carbocycles. The average Bonchev–Trinajstić information content (AvgIpc) is 2.32. The third-order valence-corrected chi connectivity index (χ3v) is 2.64. The minimum absolute atomic E-state index is 0.520. The van der Waals surface area contributed by atoms with Crippen molar-refractivity contribution in [2.24, 2.45) is 11.5 Å². The molecule has 1 unspecified atom stereocenters. The lowest BCUT2D eigenvalue weighted by Crippen LogP contribution is -2.65. The fraction of sp³-hybridized carbons (Fsp3) is 0.500. The lowest BCUT2D eigenvalue weighted by atomic mass is 9.80. The summed E-state index contributed by atoms with van der Waals surface area (Å²) in [4.78, 5) is 23.3. The third kappa shape index (κ3) is 2.87. The Bertz CT molecular complexity index is 277. The van der Waals surface area contributed by atoms with Crippen LogP contribution >= 0.6 is 0 Å². The predicted molar refractivity (Wildman–Crippen MR) is 64.8 cm³/mol. The summed E-state index contributed by atoms with van der Waals surface area (Å²) in [5.74, 6) is -1.11. The van der Waals surface area contributed by atoms with Gasteiger partial charge in [0.05, 0.1) is 0 Å². The Kier molecular flexibility index (Phi) is 5.85. The van der Waals surface area contributed by atoms with E-state index in [0.29, 0.717) is 6.42 Å². The molecule has 0 rings (SSSR count). The van der Waals surface area contributed by atoms with Crippen molar-refractivity contribution < 1.29 is 9.59 Å². The lowest BCUT2D eigenvalue weighted by molar-refractivity contribution is -0.130. The van der Waals surface area contributed by atoms with Crippen LogP contribution in [0.15, 0.2) is 25.3 Å². The summed E-state index contributed by atoms with van der Waals surface area (Å²) in [6.07, 6.45) is 4.33. The Morgan fingerprint density at radius 1 is 1.31 bits per heavy atom. The van der Waals surface area contributed by atoms with Crippen LogP contribution in [0.3, 0.4) is 0 Å². The molecule has 0 saturated heterocycles. The molecule has 0 saturated carbocycles. The number of hydrogen-bond acceptors (Lipinski definition) is 4. The van der Waals surface area contributed by atoms with Gasteiger partial charge >= 0.3 is 0 Å². The number of hydrogen-bond donors (Lipinski definition) is 2. The third-order valence-electron chi connectivity index (χ3n) is 2.64. The Morgan fingerprint density at radius 3 is 2.06 bits per heavy atom. The van der Waals surface area contributed by atoms with E-state index in [9.17, 15) is 9.59 Å². The van der Waals surface area contributed by atoms with Crippen molar-refractivity contribution in [2.75, 3.05) is 0 Å². The number of unbranched alkanes of at least 4 members (excludes halogenated alkanes) is 1.